The Morgan fingerprint density at radius 1 is 1.25 bits per heavy atom. The van der Waals surface area contributed by atoms with Crippen molar-refractivity contribution in [1.29, 1.82) is 0 Å². The van der Waals surface area contributed by atoms with Gasteiger partial charge in [-0.25, -0.2) is 0 Å². The molecule has 0 bridgehead atoms. The highest BCUT2D eigenvalue weighted by Gasteiger charge is 2.40. The predicted octanol–water partition coefficient (Wildman–Crippen LogP) is 4.46. The van der Waals surface area contributed by atoms with E-state index in [2.05, 4.69) is 11.0 Å². The zero-order valence-corrected chi connectivity index (χ0v) is 15.9. The molecule has 1 fully saturated rings. The van der Waals surface area contributed by atoms with Crippen molar-refractivity contribution in [3.8, 4) is 5.75 Å². The van der Waals surface area contributed by atoms with Crippen LogP contribution in [-0.4, -0.2) is 20.3 Å². The minimum atomic E-state index is -3.36. The van der Waals surface area contributed by atoms with Gasteiger partial charge in [-0.2, -0.15) is 0 Å². The lowest BCUT2D eigenvalue weighted by atomic mass is 9.97. The second kappa shape index (κ2) is 7.58. The highest BCUT2D eigenvalue weighted by molar-refractivity contribution is 7.58. The monoisotopic (exact) mass is 351 g/mol. The highest BCUT2D eigenvalue weighted by Crippen LogP contribution is 2.58. The topological polar surface area (TPSA) is 56.8 Å². The van der Waals surface area contributed by atoms with Crippen molar-refractivity contribution in [2.75, 3.05) is 20.3 Å². The van der Waals surface area contributed by atoms with E-state index in [1.807, 2.05) is 52.0 Å². The Hall–Kier alpha value is -1.51. The van der Waals surface area contributed by atoms with Crippen LogP contribution >= 0.6 is 7.60 Å². The number of hydrogen-bond acceptors (Lipinski definition) is 5. The number of rotatable bonds is 5. The molecule has 5 nitrogen and oxygen atoms in total. The molecule has 1 aliphatic heterocycles. The Morgan fingerprint density at radius 2 is 1.83 bits per heavy atom. The number of benzene rings is 1. The van der Waals surface area contributed by atoms with Gasteiger partial charge in [0.25, 0.3) is 0 Å². The molecule has 0 aliphatic carbocycles. The first kappa shape index (κ1) is 18.8. The molecule has 0 unspecified atom stereocenters. The van der Waals surface area contributed by atoms with Crippen LogP contribution in [0.15, 0.2) is 41.0 Å². The zero-order chi connectivity index (χ0) is 17.8. The molecule has 0 aromatic heterocycles. The summed E-state index contributed by atoms with van der Waals surface area (Å²) >= 11 is 0. The normalized spacial score (nSPS) is 18.4. The summed E-state index contributed by atoms with van der Waals surface area (Å²) in [6.45, 7) is 9.12. The molecule has 0 atom stereocenters. The molecule has 1 aliphatic rings. The summed E-state index contributed by atoms with van der Waals surface area (Å²) < 4.78 is 29.4. The fraction of sp³-hybridized carbons (Fsp3) is 0.500. The maximum atomic E-state index is 13.0. The lowest BCUT2D eigenvalue weighted by Gasteiger charge is -2.34. The van der Waals surface area contributed by atoms with Crippen LogP contribution in [-0.2, 0) is 20.2 Å². The molecule has 132 valence electrons. The quantitative estimate of drug-likeness (QED) is 0.627. The third-order valence-electron chi connectivity index (χ3n) is 3.51. The maximum absolute atomic E-state index is 13.0. The second-order valence-corrected chi connectivity index (χ2v) is 8.84. The van der Waals surface area contributed by atoms with Gasteiger partial charge in [0.1, 0.15) is 5.75 Å². The van der Waals surface area contributed by atoms with E-state index in [1.165, 1.54) is 0 Å². The predicted molar refractivity (Wildman–Crippen MR) is 95.0 cm³/mol. The zero-order valence-electron chi connectivity index (χ0n) is 15.0. The van der Waals surface area contributed by atoms with Gasteiger partial charge in [-0.3, -0.25) is 4.57 Å². The molecule has 1 saturated heterocycles. The van der Waals surface area contributed by atoms with Crippen molar-refractivity contribution < 1.29 is 18.3 Å². The SMILES string of the molecule is COc1ccc(CNC(=C=C(C)C)P2(=O)OCC(C)(C)CO2)cc1. The highest BCUT2D eigenvalue weighted by atomic mass is 31.2. The average Bonchev–Trinajstić information content (AvgIpc) is 2.54. The van der Waals surface area contributed by atoms with Crippen LogP contribution in [0.25, 0.3) is 0 Å². The summed E-state index contributed by atoms with van der Waals surface area (Å²) in [6, 6.07) is 7.68. The van der Waals surface area contributed by atoms with Gasteiger partial charge < -0.3 is 19.1 Å². The van der Waals surface area contributed by atoms with Crippen LogP contribution in [0.2, 0.25) is 0 Å². The lowest BCUT2D eigenvalue weighted by Crippen LogP contribution is -2.31. The fourth-order valence-corrected chi connectivity index (χ4v) is 4.11. The van der Waals surface area contributed by atoms with Gasteiger partial charge in [-0.05, 0) is 37.1 Å². The summed E-state index contributed by atoms with van der Waals surface area (Å²) in [5.74, 6) is 0.799. The number of ether oxygens (including phenoxy) is 1. The van der Waals surface area contributed by atoms with Gasteiger partial charge in [0.15, 0.2) is 5.44 Å². The molecule has 1 N–H and O–H groups in total. The van der Waals surface area contributed by atoms with Crippen molar-refractivity contribution in [3.63, 3.8) is 0 Å². The molecule has 1 aromatic carbocycles. The summed E-state index contributed by atoms with van der Waals surface area (Å²) in [4.78, 5) is 0. The molecule has 0 saturated carbocycles. The standard InChI is InChI=1S/C18H26NO4P/c1-14(2)10-17(24(20)22-12-18(3,4)13-23-24)19-11-15-6-8-16(21-5)9-7-15/h6-9,19H,11-13H2,1-5H3. The van der Waals surface area contributed by atoms with Crippen LogP contribution in [0.1, 0.15) is 33.3 Å². The van der Waals surface area contributed by atoms with Gasteiger partial charge in [0, 0.05) is 12.0 Å². The first-order valence-corrected chi connectivity index (χ1v) is 9.49. The van der Waals surface area contributed by atoms with Gasteiger partial charge in [0.2, 0.25) is 0 Å². The summed E-state index contributed by atoms with van der Waals surface area (Å²) in [6.07, 6.45) is 0. The van der Waals surface area contributed by atoms with E-state index in [9.17, 15) is 4.57 Å². The van der Waals surface area contributed by atoms with E-state index in [0.29, 0.717) is 25.2 Å². The number of allylic oxidation sites excluding steroid dienone is 1. The van der Waals surface area contributed by atoms with E-state index >= 15 is 0 Å². The Labute approximate surface area is 144 Å². The van der Waals surface area contributed by atoms with Crippen molar-refractivity contribution >= 4 is 7.60 Å². The van der Waals surface area contributed by atoms with Crippen LogP contribution in [0.3, 0.4) is 0 Å². The van der Waals surface area contributed by atoms with E-state index in [0.717, 1.165) is 16.9 Å². The van der Waals surface area contributed by atoms with Gasteiger partial charge in [0.05, 0.1) is 20.3 Å². The molecule has 0 amide bonds. The Balaban J connectivity index is 2.15. The summed E-state index contributed by atoms with van der Waals surface area (Å²) in [5, 5.41) is 3.17. The molecule has 6 heteroatoms. The lowest BCUT2D eigenvalue weighted by molar-refractivity contribution is 0.0438. The number of nitrogens with one attached hydrogen (secondary N) is 1. The Morgan fingerprint density at radius 3 is 2.33 bits per heavy atom. The van der Waals surface area contributed by atoms with E-state index in [-0.39, 0.29) is 5.41 Å². The van der Waals surface area contributed by atoms with E-state index in [1.54, 1.807) is 7.11 Å². The summed E-state index contributed by atoms with van der Waals surface area (Å²) in [7, 11) is -1.73. The van der Waals surface area contributed by atoms with Crippen molar-refractivity contribution in [3.05, 3.63) is 46.6 Å². The van der Waals surface area contributed by atoms with Gasteiger partial charge in [-0.15, -0.1) is 0 Å². The number of methoxy groups -OCH3 is 1. The maximum Gasteiger partial charge on any atom is 0.385 e. The first-order chi connectivity index (χ1) is 11.2. The molecule has 0 spiro atoms. The molecule has 2 rings (SSSR count). The van der Waals surface area contributed by atoms with Crippen LogP contribution in [0.5, 0.6) is 5.75 Å². The van der Waals surface area contributed by atoms with Crippen molar-refractivity contribution in [1.82, 2.24) is 5.32 Å². The summed E-state index contributed by atoms with van der Waals surface area (Å²) in [5.41, 5.74) is 5.28. The minimum absolute atomic E-state index is 0.139. The smallest absolute Gasteiger partial charge is 0.385 e. The first-order valence-electron chi connectivity index (χ1n) is 7.95. The fourth-order valence-electron chi connectivity index (χ4n) is 2.10. The third kappa shape index (κ3) is 4.99. The van der Waals surface area contributed by atoms with Gasteiger partial charge in [-0.1, -0.05) is 31.7 Å². The van der Waals surface area contributed by atoms with Crippen LogP contribution in [0.4, 0.5) is 0 Å². The Bertz CT molecular complexity index is 669. The number of hydrogen-bond donors (Lipinski definition) is 1. The van der Waals surface area contributed by atoms with Crippen molar-refractivity contribution in [2.24, 2.45) is 5.41 Å². The van der Waals surface area contributed by atoms with Crippen molar-refractivity contribution in [2.45, 2.75) is 34.2 Å². The second-order valence-electron chi connectivity index (χ2n) is 6.88. The van der Waals surface area contributed by atoms with Crippen LogP contribution in [0, 0.1) is 5.41 Å². The molecule has 0 radical (unpaired) electrons. The van der Waals surface area contributed by atoms with Crippen LogP contribution < -0.4 is 10.1 Å². The Kier molecular flexibility index (Phi) is 5.95. The molecular formula is C18H26NO4P. The molecular weight excluding hydrogens is 325 g/mol. The van der Waals surface area contributed by atoms with E-state index < -0.39 is 7.60 Å². The largest absolute Gasteiger partial charge is 0.497 e. The third-order valence-corrected chi connectivity index (χ3v) is 5.27. The van der Waals surface area contributed by atoms with E-state index in [4.69, 9.17) is 13.8 Å². The molecule has 24 heavy (non-hydrogen) atoms. The minimum Gasteiger partial charge on any atom is -0.497 e. The molecule has 1 heterocycles. The molecule has 1 aromatic rings. The average molecular weight is 351 g/mol. The van der Waals surface area contributed by atoms with Gasteiger partial charge >= 0.3 is 7.60 Å².